The molecule has 0 fully saturated rings. The number of carbonyl (C=O) groups is 2. The van der Waals surface area contributed by atoms with Crippen molar-refractivity contribution >= 4 is 28.7 Å². The molecule has 1 heterocycles. The molecule has 3 rings (SSSR count). The molecule has 0 bridgehead atoms. The monoisotopic (exact) mass is 426 g/mol. The summed E-state index contributed by atoms with van der Waals surface area (Å²) in [5.74, 6) is 1.15. The number of aromatic nitrogens is 1. The summed E-state index contributed by atoms with van der Waals surface area (Å²) in [5.41, 5.74) is 2.43. The lowest BCUT2D eigenvalue weighted by atomic mass is 10.1. The summed E-state index contributed by atoms with van der Waals surface area (Å²) in [7, 11) is 4.63. The summed E-state index contributed by atoms with van der Waals surface area (Å²) in [6, 6.07) is 10.4. The maximum Gasteiger partial charge on any atom is 0.267 e. The number of methoxy groups -OCH3 is 3. The van der Waals surface area contributed by atoms with Crippen molar-refractivity contribution in [1.82, 2.24) is 4.98 Å². The first-order valence-corrected chi connectivity index (χ1v) is 9.89. The van der Waals surface area contributed by atoms with Crippen LogP contribution < -0.4 is 19.5 Å². The minimum absolute atomic E-state index is 0.0650. The molecule has 156 valence electrons. The van der Waals surface area contributed by atoms with Gasteiger partial charge in [-0.15, -0.1) is 11.3 Å². The number of carbonyl (C=O) groups excluding carboxylic acids is 2. The van der Waals surface area contributed by atoms with Crippen molar-refractivity contribution in [3.8, 4) is 27.8 Å². The number of thiazole rings is 1. The second-order valence-electron chi connectivity index (χ2n) is 6.44. The van der Waals surface area contributed by atoms with Crippen molar-refractivity contribution in [3.63, 3.8) is 0 Å². The molecule has 3 aromatic rings. The summed E-state index contributed by atoms with van der Waals surface area (Å²) in [6.07, 6.45) is 0. The zero-order valence-corrected chi connectivity index (χ0v) is 18.2. The number of amides is 1. The third kappa shape index (κ3) is 4.28. The van der Waals surface area contributed by atoms with Crippen LogP contribution in [0.2, 0.25) is 0 Å². The Kier molecular flexibility index (Phi) is 6.37. The predicted molar refractivity (Wildman–Crippen MR) is 116 cm³/mol. The highest BCUT2D eigenvalue weighted by atomic mass is 32.1. The highest BCUT2D eigenvalue weighted by Gasteiger charge is 2.20. The van der Waals surface area contributed by atoms with E-state index in [0.717, 1.165) is 5.56 Å². The number of nitrogens with zero attached hydrogens (tertiary/aromatic N) is 1. The summed E-state index contributed by atoms with van der Waals surface area (Å²) < 4.78 is 16.2. The molecule has 30 heavy (non-hydrogen) atoms. The van der Waals surface area contributed by atoms with Crippen molar-refractivity contribution in [2.75, 3.05) is 26.6 Å². The van der Waals surface area contributed by atoms with Crippen LogP contribution in [0.4, 0.5) is 5.69 Å². The SMILES string of the molecule is COc1cc(-c2nc(C)c(C(=O)Nc3cccc(C(C)=O)c3)s2)cc(OC)c1OC. The second kappa shape index (κ2) is 8.96. The van der Waals surface area contributed by atoms with Gasteiger partial charge in [0.2, 0.25) is 5.75 Å². The molecule has 8 heteroatoms. The van der Waals surface area contributed by atoms with Crippen LogP contribution in [0.3, 0.4) is 0 Å². The van der Waals surface area contributed by atoms with Gasteiger partial charge in [-0.25, -0.2) is 4.98 Å². The van der Waals surface area contributed by atoms with Gasteiger partial charge in [0, 0.05) is 16.8 Å². The van der Waals surface area contributed by atoms with E-state index >= 15 is 0 Å². The van der Waals surface area contributed by atoms with E-state index in [4.69, 9.17) is 14.2 Å². The van der Waals surface area contributed by atoms with E-state index in [9.17, 15) is 9.59 Å². The van der Waals surface area contributed by atoms with Crippen LogP contribution in [0.5, 0.6) is 17.2 Å². The Morgan fingerprint density at radius 3 is 2.23 bits per heavy atom. The number of Topliss-reactive ketones (excluding diaryl/α,β-unsaturated/α-hetero) is 1. The first-order chi connectivity index (χ1) is 14.4. The molecule has 0 aliphatic carbocycles. The van der Waals surface area contributed by atoms with Gasteiger partial charge in [-0.2, -0.15) is 0 Å². The van der Waals surface area contributed by atoms with E-state index < -0.39 is 0 Å². The highest BCUT2D eigenvalue weighted by molar-refractivity contribution is 7.17. The zero-order chi connectivity index (χ0) is 21.8. The van der Waals surface area contributed by atoms with Crippen molar-refractivity contribution in [2.45, 2.75) is 13.8 Å². The normalized spacial score (nSPS) is 10.4. The molecule has 0 saturated carbocycles. The number of ether oxygens (including phenoxy) is 3. The van der Waals surface area contributed by atoms with Crippen molar-refractivity contribution in [3.05, 3.63) is 52.5 Å². The standard InChI is InChI=1S/C22H22N2O5S/c1-12-20(21(26)24-16-8-6-7-14(9-16)13(2)25)30-22(23-12)15-10-17(27-3)19(29-5)18(11-15)28-4/h6-11H,1-5H3,(H,24,26). The van der Waals surface area contributed by atoms with E-state index in [2.05, 4.69) is 10.3 Å². The Labute approximate surface area is 178 Å². The van der Waals surface area contributed by atoms with Gasteiger partial charge in [0.1, 0.15) is 9.88 Å². The van der Waals surface area contributed by atoms with Crippen LogP contribution in [0.1, 0.15) is 32.6 Å². The average molecular weight is 426 g/mol. The molecule has 0 saturated heterocycles. The van der Waals surface area contributed by atoms with Gasteiger partial charge in [0.25, 0.3) is 5.91 Å². The topological polar surface area (TPSA) is 86.8 Å². The van der Waals surface area contributed by atoms with Gasteiger partial charge < -0.3 is 19.5 Å². The Hall–Kier alpha value is -3.39. The Morgan fingerprint density at radius 2 is 1.67 bits per heavy atom. The predicted octanol–water partition coefficient (Wildman–Crippen LogP) is 4.60. The van der Waals surface area contributed by atoms with Gasteiger partial charge >= 0.3 is 0 Å². The molecular formula is C22H22N2O5S. The lowest BCUT2D eigenvalue weighted by Crippen LogP contribution is -2.11. The molecule has 0 aliphatic heterocycles. The molecule has 0 aliphatic rings. The van der Waals surface area contributed by atoms with E-state index in [1.54, 1.807) is 57.5 Å². The maximum atomic E-state index is 12.8. The fourth-order valence-corrected chi connectivity index (χ4v) is 3.89. The molecule has 1 amide bonds. The fraction of sp³-hybridized carbons (Fsp3) is 0.227. The van der Waals surface area contributed by atoms with Crippen molar-refractivity contribution in [2.24, 2.45) is 0 Å². The highest BCUT2D eigenvalue weighted by Crippen LogP contribution is 2.42. The number of anilines is 1. The Balaban J connectivity index is 1.93. The summed E-state index contributed by atoms with van der Waals surface area (Å²) >= 11 is 1.26. The number of hydrogen-bond donors (Lipinski definition) is 1. The molecule has 0 spiro atoms. The minimum Gasteiger partial charge on any atom is -0.493 e. The van der Waals surface area contributed by atoms with Crippen LogP contribution in [0.25, 0.3) is 10.6 Å². The first kappa shape index (κ1) is 21.3. The second-order valence-corrected chi connectivity index (χ2v) is 7.44. The van der Waals surface area contributed by atoms with Gasteiger partial charge in [0.15, 0.2) is 17.3 Å². The molecular weight excluding hydrogens is 404 g/mol. The number of rotatable bonds is 7. The average Bonchev–Trinajstić information content (AvgIpc) is 3.14. The zero-order valence-electron chi connectivity index (χ0n) is 17.4. The smallest absolute Gasteiger partial charge is 0.267 e. The number of ketones is 1. The Morgan fingerprint density at radius 1 is 1.00 bits per heavy atom. The summed E-state index contributed by atoms with van der Waals surface area (Å²) in [5, 5.41) is 3.48. The summed E-state index contributed by atoms with van der Waals surface area (Å²) in [4.78, 5) is 29.4. The van der Waals surface area contributed by atoms with E-state index in [1.807, 2.05) is 0 Å². The third-order valence-electron chi connectivity index (χ3n) is 4.44. The number of benzene rings is 2. The summed E-state index contributed by atoms with van der Waals surface area (Å²) in [6.45, 7) is 3.26. The lowest BCUT2D eigenvalue weighted by Gasteiger charge is -2.13. The Bertz CT molecular complexity index is 1080. The van der Waals surface area contributed by atoms with Crippen molar-refractivity contribution in [1.29, 1.82) is 0 Å². The van der Waals surface area contributed by atoms with Gasteiger partial charge in [0.05, 0.1) is 27.0 Å². The minimum atomic E-state index is -0.288. The van der Waals surface area contributed by atoms with Crippen LogP contribution in [-0.4, -0.2) is 38.0 Å². The number of nitrogens with one attached hydrogen (secondary N) is 1. The quantitative estimate of drug-likeness (QED) is 0.556. The van der Waals surface area contributed by atoms with Crippen molar-refractivity contribution < 1.29 is 23.8 Å². The molecule has 1 N–H and O–H groups in total. The van der Waals surface area contributed by atoms with E-state index in [0.29, 0.717) is 44.1 Å². The van der Waals surface area contributed by atoms with Gasteiger partial charge in [-0.1, -0.05) is 12.1 Å². The van der Waals surface area contributed by atoms with E-state index in [1.165, 1.54) is 25.4 Å². The third-order valence-corrected chi connectivity index (χ3v) is 5.65. The van der Waals surface area contributed by atoms with Gasteiger partial charge in [-0.05, 0) is 38.1 Å². The molecule has 7 nitrogen and oxygen atoms in total. The van der Waals surface area contributed by atoms with Crippen LogP contribution in [-0.2, 0) is 0 Å². The fourth-order valence-electron chi connectivity index (χ4n) is 2.94. The van der Waals surface area contributed by atoms with Crippen LogP contribution in [0.15, 0.2) is 36.4 Å². The molecule has 0 unspecified atom stereocenters. The number of hydrogen-bond acceptors (Lipinski definition) is 7. The molecule has 0 radical (unpaired) electrons. The van der Waals surface area contributed by atoms with Gasteiger partial charge in [-0.3, -0.25) is 9.59 Å². The first-order valence-electron chi connectivity index (χ1n) is 9.08. The van der Waals surface area contributed by atoms with Crippen LogP contribution >= 0.6 is 11.3 Å². The van der Waals surface area contributed by atoms with Crippen LogP contribution in [0, 0.1) is 6.92 Å². The number of aryl methyl sites for hydroxylation is 1. The maximum absolute atomic E-state index is 12.8. The largest absolute Gasteiger partial charge is 0.493 e. The van der Waals surface area contributed by atoms with E-state index in [-0.39, 0.29) is 11.7 Å². The lowest BCUT2D eigenvalue weighted by molar-refractivity contribution is 0.101. The molecule has 1 aromatic heterocycles. The molecule has 0 atom stereocenters. The molecule has 2 aromatic carbocycles.